The quantitative estimate of drug-likeness (QED) is 0.203. The Morgan fingerprint density at radius 2 is 1.81 bits per heavy atom. The highest BCUT2D eigenvalue weighted by Crippen LogP contribution is 2.10. The third kappa shape index (κ3) is 8.88. The fourth-order valence-corrected chi connectivity index (χ4v) is 2.09. The molecular weight excluding hydrogens is 377 g/mol. The largest absolute Gasteiger partial charge is 1.00 e. The molecule has 0 saturated heterocycles. The Kier molecular flexibility index (Phi) is 9.53. The predicted octanol–water partition coefficient (Wildman–Crippen LogP) is 0.167. The Hall–Kier alpha value is -0.880. The van der Waals surface area contributed by atoms with E-state index < -0.39 is 0 Å². The lowest BCUT2D eigenvalue weighted by Crippen LogP contribution is -3.00. The highest BCUT2D eigenvalue weighted by molar-refractivity contribution is 5.86. The number of unbranched alkanes of at least 4 members (excludes halogenated alkanes) is 1. The van der Waals surface area contributed by atoms with Crippen LogP contribution in [-0.4, -0.2) is 37.7 Å². The van der Waals surface area contributed by atoms with Crippen molar-refractivity contribution in [3.8, 4) is 0 Å². The maximum atomic E-state index is 11.2. The lowest BCUT2D eigenvalue weighted by Gasteiger charge is -2.30. The van der Waals surface area contributed by atoms with Gasteiger partial charge in [0.05, 0.1) is 27.2 Å². The van der Waals surface area contributed by atoms with E-state index in [0.29, 0.717) is 12.2 Å². The number of carbonyl (C=O) groups excluding carboxylic acids is 1. The molecule has 0 aliphatic rings. The van der Waals surface area contributed by atoms with E-state index in [1.165, 1.54) is 5.56 Å². The molecule has 0 fully saturated rings. The van der Waals surface area contributed by atoms with Gasteiger partial charge in [-0.25, -0.2) is 4.79 Å². The molecule has 0 aliphatic heterocycles. The van der Waals surface area contributed by atoms with E-state index in [1.54, 1.807) is 6.92 Å². The van der Waals surface area contributed by atoms with Crippen LogP contribution in [0.1, 0.15) is 25.3 Å². The highest BCUT2D eigenvalue weighted by atomic mass is 127. The van der Waals surface area contributed by atoms with Crippen molar-refractivity contribution in [1.82, 2.24) is 0 Å². The normalized spacial score (nSPS) is 10.6. The molecule has 21 heavy (non-hydrogen) atoms. The molecule has 1 rings (SSSR count). The third-order valence-corrected chi connectivity index (χ3v) is 3.19. The van der Waals surface area contributed by atoms with Gasteiger partial charge in [0.1, 0.15) is 6.54 Å². The Morgan fingerprint density at radius 3 is 2.38 bits per heavy atom. The Balaban J connectivity index is 0.00000400. The van der Waals surface area contributed by atoms with E-state index in [0.717, 1.165) is 30.4 Å². The molecule has 0 unspecified atom stereocenters. The molecule has 0 spiro atoms. The van der Waals surface area contributed by atoms with E-state index in [-0.39, 0.29) is 29.9 Å². The zero-order chi connectivity index (χ0) is 15.0. The monoisotopic (exact) mass is 403 g/mol. The highest BCUT2D eigenvalue weighted by Gasteiger charge is 2.15. The van der Waals surface area contributed by atoms with Gasteiger partial charge < -0.3 is 33.2 Å². The number of rotatable bonds is 8. The van der Waals surface area contributed by atoms with Gasteiger partial charge >= 0.3 is 5.97 Å². The van der Waals surface area contributed by atoms with E-state index in [2.05, 4.69) is 44.9 Å². The van der Waals surface area contributed by atoms with Crippen LogP contribution in [0.25, 0.3) is 0 Å². The van der Waals surface area contributed by atoms with Gasteiger partial charge in [0.2, 0.25) is 0 Å². The van der Waals surface area contributed by atoms with Crippen LogP contribution in [0.4, 0.5) is 0 Å². The number of ether oxygens (including phenoxy) is 1. The summed E-state index contributed by atoms with van der Waals surface area (Å²) < 4.78 is 6.03. The van der Waals surface area contributed by atoms with Crippen LogP contribution < -0.4 is 24.0 Å². The first-order chi connectivity index (χ1) is 9.41. The topological polar surface area (TPSA) is 26.3 Å². The second-order valence-corrected chi connectivity index (χ2v) is 5.93. The first kappa shape index (κ1) is 20.1. The number of nitrogens with zero attached hydrogens (tertiary/aromatic N) is 1. The first-order valence-corrected chi connectivity index (χ1v) is 7.09. The Bertz CT molecular complexity index is 443. The predicted molar refractivity (Wildman–Crippen MR) is 82.1 cm³/mol. The Labute approximate surface area is 145 Å². The first-order valence-electron chi connectivity index (χ1n) is 7.09. The summed E-state index contributed by atoms with van der Waals surface area (Å²) in [6.07, 6.45) is 1.94. The van der Waals surface area contributed by atoms with Crippen molar-refractivity contribution in [3.05, 3.63) is 48.0 Å². The molecule has 0 N–H and O–H groups in total. The molecule has 0 saturated carbocycles. The molecule has 0 aliphatic carbocycles. The molecule has 3 nitrogen and oxygen atoms in total. The summed E-state index contributed by atoms with van der Waals surface area (Å²) >= 11 is 0. The summed E-state index contributed by atoms with van der Waals surface area (Å²) in [5.41, 5.74) is 1.82. The minimum absolute atomic E-state index is 0. The van der Waals surface area contributed by atoms with E-state index in [4.69, 9.17) is 4.74 Å². The number of esters is 1. The van der Waals surface area contributed by atoms with Crippen molar-refractivity contribution in [2.24, 2.45) is 0 Å². The molecule has 1 aromatic carbocycles. The lowest BCUT2D eigenvalue weighted by atomic mass is 10.2. The molecule has 0 bridgehead atoms. The number of benzene rings is 1. The maximum Gasteiger partial charge on any atom is 0.333 e. The molecular formula is C17H26INO2. The van der Waals surface area contributed by atoms with Gasteiger partial charge in [-0.15, -0.1) is 0 Å². The fourth-order valence-electron chi connectivity index (χ4n) is 2.09. The average Bonchev–Trinajstić information content (AvgIpc) is 2.38. The minimum Gasteiger partial charge on any atom is -1.00 e. The van der Waals surface area contributed by atoms with Crippen molar-refractivity contribution in [3.63, 3.8) is 0 Å². The van der Waals surface area contributed by atoms with E-state index >= 15 is 0 Å². The number of hydrogen-bond donors (Lipinski definition) is 0. The van der Waals surface area contributed by atoms with Gasteiger partial charge in [-0.3, -0.25) is 0 Å². The SMILES string of the molecule is C=C(C)C(=O)OCCCC[N+](C)(C)Cc1ccccc1.[I-]. The summed E-state index contributed by atoms with van der Waals surface area (Å²) in [5.74, 6) is -0.289. The summed E-state index contributed by atoms with van der Waals surface area (Å²) in [6.45, 7) is 7.80. The molecule has 1 aromatic rings. The van der Waals surface area contributed by atoms with Gasteiger partial charge in [-0.1, -0.05) is 36.9 Å². The van der Waals surface area contributed by atoms with Gasteiger partial charge in [0.25, 0.3) is 0 Å². The Morgan fingerprint density at radius 1 is 1.19 bits per heavy atom. The second-order valence-electron chi connectivity index (χ2n) is 5.93. The van der Waals surface area contributed by atoms with Crippen LogP contribution in [0.2, 0.25) is 0 Å². The molecule has 0 radical (unpaired) electrons. The number of hydrogen-bond acceptors (Lipinski definition) is 2. The number of carbonyl (C=O) groups is 1. The third-order valence-electron chi connectivity index (χ3n) is 3.19. The summed E-state index contributed by atoms with van der Waals surface area (Å²) in [4.78, 5) is 11.2. The summed E-state index contributed by atoms with van der Waals surface area (Å²) in [6, 6.07) is 10.5. The minimum atomic E-state index is -0.289. The van der Waals surface area contributed by atoms with Crippen LogP contribution in [0, 0.1) is 0 Å². The van der Waals surface area contributed by atoms with E-state index in [1.807, 2.05) is 6.07 Å². The lowest BCUT2D eigenvalue weighted by molar-refractivity contribution is -0.903. The molecule has 0 heterocycles. The second kappa shape index (κ2) is 9.95. The molecule has 0 atom stereocenters. The van der Waals surface area contributed by atoms with Gasteiger partial charge in [-0.2, -0.15) is 0 Å². The molecule has 118 valence electrons. The number of halogens is 1. The van der Waals surface area contributed by atoms with Crippen LogP contribution >= 0.6 is 0 Å². The zero-order valence-electron chi connectivity index (χ0n) is 13.3. The summed E-state index contributed by atoms with van der Waals surface area (Å²) in [5, 5.41) is 0. The van der Waals surface area contributed by atoms with Crippen LogP contribution in [0.15, 0.2) is 42.5 Å². The van der Waals surface area contributed by atoms with E-state index in [9.17, 15) is 4.79 Å². The fraction of sp³-hybridized carbons (Fsp3) is 0.471. The van der Waals surface area contributed by atoms with Crippen molar-refractivity contribution >= 4 is 5.97 Å². The smallest absolute Gasteiger partial charge is 0.333 e. The molecule has 0 amide bonds. The zero-order valence-corrected chi connectivity index (χ0v) is 15.4. The maximum absolute atomic E-state index is 11.2. The van der Waals surface area contributed by atoms with Crippen molar-refractivity contribution in [2.45, 2.75) is 26.3 Å². The number of quaternary nitrogens is 1. The average molecular weight is 403 g/mol. The standard InChI is InChI=1S/C17H26NO2.HI/c1-15(2)17(19)20-13-9-8-12-18(3,4)14-16-10-6-5-7-11-16;/h5-7,10-11H,1,8-9,12-14H2,2-4H3;1H/q+1;/p-1. The van der Waals surface area contributed by atoms with Crippen LogP contribution in [0.5, 0.6) is 0 Å². The van der Waals surface area contributed by atoms with Gasteiger partial charge in [0.15, 0.2) is 0 Å². The van der Waals surface area contributed by atoms with Crippen molar-refractivity contribution in [2.75, 3.05) is 27.2 Å². The van der Waals surface area contributed by atoms with Crippen LogP contribution in [0.3, 0.4) is 0 Å². The molecule has 4 heteroatoms. The van der Waals surface area contributed by atoms with Gasteiger partial charge in [-0.05, 0) is 19.8 Å². The summed E-state index contributed by atoms with van der Waals surface area (Å²) in [7, 11) is 4.46. The van der Waals surface area contributed by atoms with Crippen molar-refractivity contribution in [1.29, 1.82) is 0 Å². The van der Waals surface area contributed by atoms with Crippen molar-refractivity contribution < 1.29 is 38.0 Å². The van der Waals surface area contributed by atoms with Gasteiger partial charge in [0, 0.05) is 11.1 Å². The van der Waals surface area contributed by atoms with Crippen LogP contribution in [-0.2, 0) is 16.1 Å². The molecule has 0 aromatic heterocycles.